The SMILES string of the molecule is C/C=C(/C)C(=O)O[C@H]1C(=O)[C@@H](C)[C@](C)(CC[C@H](C)CC(=O)O)[C@H]2CCC=C(C)[C@@]21C. The van der Waals surface area contributed by atoms with Crippen molar-refractivity contribution in [3.8, 4) is 0 Å². The van der Waals surface area contributed by atoms with Crippen LogP contribution in [0.1, 0.15) is 80.6 Å². The summed E-state index contributed by atoms with van der Waals surface area (Å²) in [7, 11) is 0. The van der Waals surface area contributed by atoms with E-state index in [1.54, 1.807) is 19.9 Å². The Kier molecular flexibility index (Phi) is 7.36. The molecule has 1 saturated carbocycles. The maximum absolute atomic E-state index is 13.6. The minimum Gasteiger partial charge on any atom is -0.481 e. The smallest absolute Gasteiger partial charge is 0.334 e. The van der Waals surface area contributed by atoms with Gasteiger partial charge in [0.25, 0.3) is 0 Å². The molecule has 2 rings (SSSR count). The summed E-state index contributed by atoms with van der Waals surface area (Å²) >= 11 is 0. The third-order valence-corrected chi connectivity index (χ3v) is 8.17. The number of aliphatic carboxylic acids is 1. The molecule has 0 aromatic rings. The molecule has 0 saturated heterocycles. The van der Waals surface area contributed by atoms with Crippen molar-refractivity contribution in [1.29, 1.82) is 0 Å². The molecule has 0 bridgehead atoms. The first-order valence-corrected chi connectivity index (χ1v) is 11.2. The van der Waals surface area contributed by atoms with E-state index in [0.717, 1.165) is 31.3 Å². The maximum Gasteiger partial charge on any atom is 0.334 e. The van der Waals surface area contributed by atoms with Crippen molar-refractivity contribution in [2.24, 2.45) is 28.6 Å². The highest BCUT2D eigenvalue weighted by Crippen LogP contribution is 2.61. The van der Waals surface area contributed by atoms with Crippen LogP contribution in [-0.4, -0.2) is 28.9 Å². The topological polar surface area (TPSA) is 80.7 Å². The predicted octanol–water partition coefficient (Wildman–Crippen LogP) is 5.34. The lowest BCUT2D eigenvalue weighted by Crippen LogP contribution is -2.62. The van der Waals surface area contributed by atoms with Gasteiger partial charge in [0.05, 0.1) is 0 Å². The van der Waals surface area contributed by atoms with Crippen molar-refractivity contribution in [1.82, 2.24) is 0 Å². The summed E-state index contributed by atoms with van der Waals surface area (Å²) in [4.78, 5) is 37.3. The van der Waals surface area contributed by atoms with E-state index < -0.39 is 23.5 Å². The van der Waals surface area contributed by atoms with Gasteiger partial charge in [-0.25, -0.2) is 4.79 Å². The molecule has 2 aliphatic rings. The summed E-state index contributed by atoms with van der Waals surface area (Å²) < 4.78 is 5.87. The number of rotatable bonds is 7. The van der Waals surface area contributed by atoms with E-state index in [1.165, 1.54) is 0 Å². The normalized spacial score (nSPS) is 35.3. The highest BCUT2D eigenvalue weighted by Gasteiger charge is 2.62. The van der Waals surface area contributed by atoms with Crippen LogP contribution in [0.15, 0.2) is 23.3 Å². The maximum atomic E-state index is 13.6. The van der Waals surface area contributed by atoms with Gasteiger partial charge < -0.3 is 9.84 Å². The molecular weight excluding hydrogens is 380 g/mol. The molecule has 5 heteroatoms. The van der Waals surface area contributed by atoms with Crippen LogP contribution >= 0.6 is 0 Å². The lowest BCUT2D eigenvalue weighted by molar-refractivity contribution is -0.181. The van der Waals surface area contributed by atoms with E-state index in [2.05, 4.69) is 19.9 Å². The number of carboxylic acids is 1. The molecule has 5 nitrogen and oxygen atoms in total. The van der Waals surface area contributed by atoms with E-state index in [9.17, 15) is 14.4 Å². The number of carboxylic acid groups (broad SMARTS) is 1. The summed E-state index contributed by atoms with van der Waals surface area (Å²) in [5.74, 6) is -1.26. The fourth-order valence-corrected chi connectivity index (χ4v) is 5.66. The molecule has 30 heavy (non-hydrogen) atoms. The molecule has 6 atom stereocenters. The van der Waals surface area contributed by atoms with Gasteiger partial charge in [-0.05, 0) is 63.7 Å². The van der Waals surface area contributed by atoms with Crippen LogP contribution in [0.3, 0.4) is 0 Å². The number of allylic oxidation sites excluding steroid dienone is 2. The van der Waals surface area contributed by atoms with E-state index in [4.69, 9.17) is 9.84 Å². The van der Waals surface area contributed by atoms with Crippen molar-refractivity contribution in [2.45, 2.75) is 86.7 Å². The van der Waals surface area contributed by atoms with Gasteiger partial charge in [0.2, 0.25) is 0 Å². The van der Waals surface area contributed by atoms with Crippen LogP contribution in [0.4, 0.5) is 0 Å². The van der Waals surface area contributed by atoms with Gasteiger partial charge in [-0.2, -0.15) is 0 Å². The third kappa shape index (κ3) is 4.26. The Morgan fingerprint density at radius 3 is 2.57 bits per heavy atom. The van der Waals surface area contributed by atoms with Crippen molar-refractivity contribution < 1.29 is 24.2 Å². The van der Waals surface area contributed by atoms with Crippen LogP contribution < -0.4 is 0 Å². The number of fused-ring (bicyclic) bond motifs is 1. The van der Waals surface area contributed by atoms with Gasteiger partial charge in [0, 0.05) is 23.3 Å². The minimum atomic E-state index is -0.791. The molecule has 1 fully saturated rings. The van der Waals surface area contributed by atoms with E-state index in [1.807, 2.05) is 20.8 Å². The van der Waals surface area contributed by atoms with Crippen molar-refractivity contribution in [3.63, 3.8) is 0 Å². The van der Waals surface area contributed by atoms with Gasteiger partial charge in [-0.1, -0.05) is 45.4 Å². The number of hydrogen-bond acceptors (Lipinski definition) is 4. The zero-order chi connectivity index (χ0) is 22.9. The second-order valence-corrected chi connectivity index (χ2v) is 9.93. The molecular formula is C25H38O5. The molecule has 0 heterocycles. The molecule has 168 valence electrons. The molecule has 0 spiro atoms. The summed E-state index contributed by atoms with van der Waals surface area (Å²) in [5.41, 5.74) is 0.798. The summed E-state index contributed by atoms with van der Waals surface area (Å²) in [6.07, 6.45) is 6.66. The van der Waals surface area contributed by atoms with Gasteiger partial charge in [-0.15, -0.1) is 0 Å². The lowest BCUT2D eigenvalue weighted by atomic mass is 9.45. The Bertz CT molecular complexity index is 764. The second-order valence-electron chi connectivity index (χ2n) is 9.93. The number of esters is 1. The molecule has 0 radical (unpaired) electrons. The molecule has 2 aliphatic carbocycles. The Morgan fingerprint density at radius 1 is 1.37 bits per heavy atom. The van der Waals surface area contributed by atoms with E-state index >= 15 is 0 Å². The number of ketones is 1. The third-order valence-electron chi connectivity index (χ3n) is 8.17. The average Bonchev–Trinajstić information content (AvgIpc) is 2.68. The monoisotopic (exact) mass is 418 g/mol. The van der Waals surface area contributed by atoms with Crippen LogP contribution in [-0.2, 0) is 19.1 Å². The average molecular weight is 419 g/mol. The first-order chi connectivity index (χ1) is 13.9. The van der Waals surface area contributed by atoms with Crippen molar-refractivity contribution >= 4 is 17.7 Å². The fraction of sp³-hybridized carbons (Fsp3) is 0.720. The Labute approximate surface area is 180 Å². The van der Waals surface area contributed by atoms with E-state index in [0.29, 0.717) is 5.57 Å². The summed E-state index contributed by atoms with van der Waals surface area (Å²) in [6.45, 7) is 13.7. The molecule has 0 aromatic heterocycles. The Balaban J connectivity index is 2.42. The first-order valence-electron chi connectivity index (χ1n) is 11.2. The molecule has 1 N–H and O–H groups in total. The highest BCUT2D eigenvalue weighted by atomic mass is 16.5. The highest BCUT2D eigenvalue weighted by molar-refractivity contribution is 5.94. The van der Waals surface area contributed by atoms with Crippen LogP contribution in [0.2, 0.25) is 0 Å². The second kappa shape index (κ2) is 9.07. The molecule has 0 amide bonds. The van der Waals surface area contributed by atoms with E-state index in [-0.39, 0.29) is 35.4 Å². The molecule has 0 aromatic carbocycles. The van der Waals surface area contributed by atoms with Crippen molar-refractivity contribution in [3.05, 3.63) is 23.3 Å². The number of carbonyl (C=O) groups excluding carboxylic acids is 2. The first kappa shape index (κ1) is 24.4. The van der Waals surface area contributed by atoms with Crippen LogP contribution in [0.5, 0.6) is 0 Å². The lowest BCUT2D eigenvalue weighted by Gasteiger charge is -2.59. The predicted molar refractivity (Wildman–Crippen MR) is 117 cm³/mol. The van der Waals surface area contributed by atoms with Gasteiger partial charge in [0.1, 0.15) is 0 Å². The van der Waals surface area contributed by atoms with Gasteiger partial charge in [0.15, 0.2) is 11.9 Å². The minimum absolute atomic E-state index is 0.0194. The molecule has 0 aliphatic heterocycles. The number of ether oxygens (including phenoxy) is 1. The standard InChI is InChI=1S/C25H38O5/c1-8-16(3)23(29)30-22-21(28)18(5)24(6,13-12-15(2)14-20(26)27)19-11-9-10-17(4)25(19,22)7/h8,10,15,18-19,22H,9,11-14H2,1-7H3,(H,26,27)/b16-8-/t15-,18+,19+,22-,24-,25-/m0/s1. The zero-order valence-electron chi connectivity index (χ0n) is 19.6. The van der Waals surface area contributed by atoms with Gasteiger partial charge >= 0.3 is 11.9 Å². The Hall–Kier alpha value is -1.91. The number of Topliss-reactive ketones (excluding diaryl/α,β-unsaturated/α-hetero) is 1. The van der Waals surface area contributed by atoms with Crippen LogP contribution in [0, 0.1) is 28.6 Å². The Morgan fingerprint density at radius 2 is 2.00 bits per heavy atom. The quantitative estimate of drug-likeness (QED) is 0.343. The summed E-state index contributed by atoms with van der Waals surface area (Å²) in [6, 6.07) is 0. The zero-order valence-corrected chi connectivity index (χ0v) is 19.6. The van der Waals surface area contributed by atoms with Crippen molar-refractivity contribution in [2.75, 3.05) is 0 Å². The van der Waals surface area contributed by atoms with Gasteiger partial charge in [-0.3, -0.25) is 9.59 Å². The number of hydrogen-bond donors (Lipinski definition) is 1. The fourth-order valence-electron chi connectivity index (χ4n) is 5.66. The molecule has 0 unspecified atom stereocenters. The van der Waals surface area contributed by atoms with Crippen LogP contribution in [0.25, 0.3) is 0 Å². The number of carbonyl (C=O) groups is 3. The largest absolute Gasteiger partial charge is 0.481 e. The summed E-state index contributed by atoms with van der Waals surface area (Å²) in [5, 5.41) is 9.11.